The number of ketones is 1. The van der Waals surface area contributed by atoms with E-state index in [0.29, 0.717) is 11.8 Å². The van der Waals surface area contributed by atoms with E-state index in [2.05, 4.69) is 4.98 Å². The summed E-state index contributed by atoms with van der Waals surface area (Å²) in [6, 6.07) is 5.94. The highest BCUT2D eigenvalue weighted by Gasteiger charge is 2.23. The van der Waals surface area contributed by atoms with Gasteiger partial charge in [0.25, 0.3) is 5.56 Å². The lowest BCUT2D eigenvalue weighted by atomic mass is 10.0. The fourth-order valence-corrected chi connectivity index (χ4v) is 2.68. The molecule has 0 saturated heterocycles. The molecular formula is C18H14F2N2O4. The van der Waals surface area contributed by atoms with Gasteiger partial charge >= 0.3 is 0 Å². The summed E-state index contributed by atoms with van der Waals surface area (Å²) in [6.07, 6.45) is -0.407. The van der Waals surface area contributed by atoms with Crippen molar-refractivity contribution in [2.45, 2.75) is 19.8 Å². The minimum Gasteiger partial charge on any atom is -0.506 e. The maximum atomic E-state index is 13.7. The Morgan fingerprint density at radius 1 is 1.23 bits per heavy atom. The van der Waals surface area contributed by atoms with Crippen molar-refractivity contribution in [1.29, 1.82) is 0 Å². The van der Waals surface area contributed by atoms with E-state index >= 15 is 0 Å². The van der Waals surface area contributed by atoms with E-state index in [1.165, 1.54) is 12.1 Å². The van der Waals surface area contributed by atoms with Gasteiger partial charge < -0.3 is 10.3 Å². The minimum absolute atomic E-state index is 0.0361. The minimum atomic E-state index is -1.11. The second kappa shape index (κ2) is 6.55. The SMILES string of the molecule is Cc1ccc2c(O)c(C(=O)CCc3ccc(F)cc3F)c(=O)n(O)c2n1. The fourth-order valence-electron chi connectivity index (χ4n) is 2.68. The number of aryl methyl sites for hydroxylation is 2. The zero-order valence-electron chi connectivity index (χ0n) is 13.7. The maximum absolute atomic E-state index is 13.7. The van der Waals surface area contributed by atoms with Crippen LogP contribution in [0.1, 0.15) is 28.0 Å². The Labute approximate surface area is 145 Å². The summed E-state index contributed by atoms with van der Waals surface area (Å²) < 4.78 is 26.8. The molecule has 2 heterocycles. The first-order valence-corrected chi connectivity index (χ1v) is 7.71. The molecule has 0 bridgehead atoms. The summed E-state index contributed by atoms with van der Waals surface area (Å²) in [7, 11) is 0. The van der Waals surface area contributed by atoms with Gasteiger partial charge in [-0.2, -0.15) is 0 Å². The Morgan fingerprint density at radius 3 is 2.65 bits per heavy atom. The lowest BCUT2D eigenvalue weighted by Gasteiger charge is -2.10. The number of halogens is 2. The van der Waals surface area contributed by atoms with Crippen LogP contribution in [0.4, 0.5) is 8.78 Å². The smallest absolute Gasteiger partial charge is 0.299 e. The second-order valence-electron chi connectivity index (χ2n) is 5.82. The van der Waals surface area contributed by atoms with Gasteiger partial charge in [0.2, 0.25) is 0 Å². The molecule has 0 aliphatic carbocycles. The molecule has 0 radical (unpaired) electrons. The summed E-state index contributed by atoms with van der Waals surface area (Å²) in [4.78, 5) is 28.6. The number of hydrogen-bond acceptors (Lipinski definition) is 5. The summed E-state index contributed by atoms with van der Waals surface area (Å²) in [5, 5.41) is 20.3. The Hall–Kier alpha value is -3.29. The van der Waals surface area contributed by atoms with Crippen LogP contribution in [0.2, 0.25) is 0 Å². The fraction of sp³-hybridized carbons (Fsp3) is 0.167. The third-order valence-electron chi connectivity index (χ3n) is 4.03. The molecule has 1 aromatic carbocycles. The van der Waals surface area contributed by atoms with E-state index < -0.39 is 34.3 Å². The molecule has 0 saturated carbocycles. The number of nitrogens with zero attached hydrogens (tertiary/aromatic N) is 2. The molecule has 3 rings (SSSR count). The summed E-state index contributed by atoms with van der Waals surface area (Å²) in [5.74, 6) is -2.91. The Morgan fingerprint density at radius 2 is 1.96 bits per heavy atom. The third-order valence-corrected chi connectivity index (χ3v) is 4.03. The third kappa shape index (κ3) is 3.01. The zero-order valence-corrected chi connectivity index (χ0v) is 13.7. The number of Topliss-reactive ketones (excluding diaryl/α,β-unsaturated/α-hetero) is 1. The van der Waals surface area contributed by atoms with E-state index in [-0.39, 0.29) is 34.2 Å². The first-order valence-electron chi connectivity index (χ1n) is 7.71. The van der Waals surface area contributed by atoms with Gasteiger partial charge in [0.05, 0.1) is 5.39 Å². The van der Waals surface area contributed by atoms with Crippen LogP contribution in [0, 0.1) is 18.6 Å². The quantitative estimate of drug-likeness (QED) is 0.551. The molecule has 26 heavy (non-hydrogen) atoms. The predicted octanol–water partition coefficient (Wildman–Crippen LogP) is 2.74. The highest BCUT2D eigenvalue weighted by Crippen LogP contribution is 2.26. The maximum Gasteiger partial charge on any atom is 0.299 e. The van der Waals surface area contributed by atoms with Crippen molar-refractivity contribution in [2.24, 2.45) is 0 Å². The van der Waals surface area contributed by atoms with Crippen molar-refractivity contribution in [3.8, 4) is 5.75 Å². The molecule has 0 fully saturated rings. The standard InChI is InChI=1S/C18H14F2N2O4/c1-9-2-6-12-16(24)15(18(25)22(26)17(12)21-9)14(23)7-4-10-3-5-11(19)8-13(10)20/h2-3,5-6,8,24,26H,4,7H2,1H3. The number of benzene rings is 1. The highest BCUT2D eigenvalue weighted by atomic mass is 19.1. The van der Waals surface area contributed by atoms with E-state index in [1.54, 1.807) is 13.0 Å². The number of carbonyl (C=O) groups is 1. The van der Waals surface area contributed by atoms with E-state index in [1.807, 2.05) is 0 Å². The molecule has 0 unspecified atom stereocenters. The first-order chi connectivity index (χ1) is 12.3. The molecule has 8 heteroatoms. The van der Waals surface area contributed by atoms with Crippen molar-refractivity contribution in [1.82, 2.24) is 9.71 Å². The van der Waals surface area contributed by atoms with Gasteiger partial charge in [0, 0.05) is 18.2 Å². The normalized spacial score (nSPS) is 11.0. The Balaban J connectivity index is 1.98. The molecule has 6 nitrogen and oxygen atoms in total. The van der Waals surface area contributed by atoms with Crippen LogP contribution >= 0.6 is 0 Å². The molecule has 0 aliphatic rings. The number of hydrogen-bond donors (Lipinski definition) is 2. The molecule has 2 N–H and O–H groups in total. The van der Waals surface area contributed by atoms with Crippen LogP contribution in [0.25, 0.3) is 11.0 Å². The molecule has 0 atom stereocenters. The van der Waals surface area contributed by atoms with Crippen LogP contribution in [0.5, 0.6) is 5.75 Å². The van der Waals surface area contributed by atoms with Gasteiger partial charge in [-0.1, -0.05) is 6.07 Å². The summed E-state index contributed by atoms with van der Waals surface area (Å²) in [6.45, 7) is 1.64. The zero-order chi connectivity index (χ0) is 19.0. The number of fused-ring (bicyclic) bond motifs is 1. The second-order valence-corrected chi connectivity index (χ2v) is 5.82. The summed E-state index contributed by atoms with van der Waals surface area (Å²) >= 11 is 0. The largest absolute Gasteiger partial charge is 0.506 e. The molecule has 2 aromatic heterocycles. The molecule has 0 amide bonds. The molecule has 0 aliphatic heterocycles. The van der Waals surface area contributed by atoms with Gasteiger partial charge in [-0.15, -0.1) is 4.73 Å². The van der Waals surface area contributed by atoms with Gasteiger partial charge in [0.15, 0.2) is 11.4 Å². The van der Waals surface area contributed by atoms with Crippen LogP contribution in [0.15, 0.2) is 35.1 Å². The van der Waals surface area contributed by atoms with Gasteiger partial charge in [-0.05, 0) is 37.1 Å². The van der Waals surface area contributed by atoms with Crippen molar-refractivity contribution in [2.75, 3.05) is 0 Å². The van der Waals surface area contributed by atoms with Crippen LogP contribution < -0.4 is 5.56 Å². The summed E-state index contributed by atoms with van der Waals surface area (Å²) in [5.41, 5.74) is -1.29. The van der Waals surface area contributed by atoms with E-state index in [4.69, 9.17) is 0 Å². The van der Waals surface area contributed by atoms with Crippen molar-refractivity contribution < 1.29 is 23.9 Å². The van der Waals surface area contributed by atoms with E-state index in [0.717, 1.165) is 6.07 Å². The molecular weight excluding hydrogens is 346 g/mol. The van der Waals surface area contributed by atoms with Crippen LogP contribution in [-0.4, -0.2) is 25.8 Å². The average Bonchev–Trinajstić information content (AvgIpc) is 2.59. The Bertz CT molecular complexity index is 1090. The number of pyridine rings is 2. The van der Waals surface area contributed by atoms with E-state index in [9.17, 15) is 28.7 Å². The monoisotopic (exact) mass is 360 g/mol. The number of aromatic hydroxyl groups is 1. The average molecular weight is 360 g/mol. The van der Waals surface area contributed by atoms with Crippen molar-refractivity contribution >= 4 is 16.8 Å². The van der Waals surface area contributed by atoms with Gasteiger partial charge in [-0.3, -0.25) is 9.59 Å². The number of aromatic nitrogens is 2. The number of carbonyl (C=O) groups excluding carboxylic acids is 1. The molecule has 3 aromatic rings. The van der Waals surface area contributed by atoms with Gasteiger partial charge in [0.1, 0.15) is 22.9 Å². The predicted molar refractivity (Wildman–Crippen MR) is 88.6 cm³/mol. The molecule has 134 valence electrons. The Kier molecular flexibility index (Phi) is 4.41. The molecule has 0 spiro atoms. The van der Waals surface area contributed by atoms with Gasteiger partial charge in [-0.25, -0.2) is 13.8 Å². The van der Waals surface area contributed by atoms with Crippen LogP contribution in [-0.2, 0) is 6.42 Å². The topological polar surface area (TPSA) is 92.4 Å². The number of rotatable bonds is 4. The first kappa shape index (κ1) is 17.5. The highest BCUT2D eigenvalue weighted by molar-refractivity contribution is 6.02. The lowest BCUT2D eigenvalue weighted by Crippen LogP contribution is -2.26. The van der Waals surface area contributed by atoms with Crippen molar-refractivity contribution in [3.05, 3.63) is 69.1 Å². The van der Waals surface area contributed by atoms with Crippen LogP contribution in [0.3, 0.4) is 0 Å². The lowest BCUT2D eigenvalue weighted by molar-refractivity contribution is 0.0972. The van der Waals surface area contributed by atoms with Crippen molar-refractivity contribution in [3.63, 3.8) is 0 Å².